The van der Waals surface area contributed by atoms with Crippen molar-refractivity contribution in [3.8, 4) is 0 Å². The molecule has 1 aliphatic heterocycles. The first-order valence-electron chi connectivity index (χ1n) is 8.37. The molecule has 0 unspecified atom stereocenters. The van der Waals surface area contributed by atoms with Crippen molar-refractivity contribution in [3.05, 3.63) is 65.5 Å². The van der Waals surface area contributed by atoms with Gasteiger partial charge in [-0.3, -0.25) is 0 Å². The number of carboxylic acids is 1. The molecule has 0 bridgehead atoms. The minimum absolute atomic E-state index is 0.0572. The highest BCUT2D eigenvalue weighted by Crippen LogP contribution is 2.26. The second-order valence-electron chi connectivity index (χ2n) is 6.30. The highest BCUT2D eigenvalue weighted by molar-refractivity contribution is 5.89. The maximum atomic E-state index is 12.0. The molecular weight excluding hydrogens is 354 g/mol. The van der Waals surface area contributed by atoms with E-state index in [0.29, 0.717) is 11.1 Å². The second kappa shape index (κ2) is 7.83. The van der Waals surface area contributed by atoms with Crippen LogP contribution >= 0.6 is 0 Å². The highest BCUT2D eigenvalue weighted by Gasteiger charge is 2.48. The normalized spacial score (nSPS) is 24.6. The number of carbonyl (C=O) groups is 2. The molecule has 1 aromatic carbocycles. The molecule has 2 heterocycles. The lowest BCUT2D eigenvalue weighted by Gasteiger charge is -2.13. The van der Waals surface area contributed by atoms with E-state index >= 15 is 0 Å². The zero-order valence-corrected chi connectivity index (χ0v) is 14.6. The Hall–Kier alpha value is -2.81. The van der Waals surface area contributed by atoms with Gasteiger partial charge in [0.05, 0.1) is 5.56 Å². The molecule has 1 saturated heterocycles. The summed E-state index contributed by atoms with van der Waals surface area (Å²) in [4.78, 5) is 23.3. The van der Waals surface area contributed by atoms with E-state index in [2.05, 4.69) is 0 Å². The van der Waals surface area contributed by atoms with E-state index in [0.717, 1.165) is 0 Å². The third-order valence-electron chi connectivity index (χ3n) is 4.45. The molecule has 8 heteroatoms. The second-order valence-corrected chi connectivity index (χ2v) is 6.30. The van der Waals surface area contributed by atoms with Crippen LogP contribution in [0.15, 0.2) is 48.8 Å². The third kappa shape index (κ3) is 3.97. The van der Waals surface area contributed by atoms with Gasteiger partial charge in [-0.15, -0.1) is 0 Å². The summed E-state index contributed by atoms with van der Waals surface area (Å²) in [6.07, 6.45) is -1.66. The van der Waals surface area contributed by atoms with Crippen LogP contribution < -0.4 is 4.57 Å². The smallest absolute Gasteiger partial charge is 0.342 e. The highest BCUT2D eigenvalue weighted by atomic mass is 16.6. The van der Waals surface area contributed by atoms with Gasteiger partial charge in [-0.05, 0) is 24.6 Å². The van der Waals surface area contributed by atoms with Crippen LogP contribution in [0.2, 0.25) is 0 Å². The monoisotopic (exact) mass is 374 g/mol. The topological polar surface area (TPSA) is 117 Å². The van der Waals surface area contributed by atoms with Crippen LogP contribution in [0, 0.1) is 6.92 Å². The van der Waals surface area contributed by atoms with Crippen molar-refractivity contribution >= 4 is 11.9 Å². The number of aryl methyl sites for hydroxylation is 1. The first kappa shape index (κ1) is 19.0. The van der Waals surface area contributed by atoms with Crippen molar-refractivity contribution in [2.24, 2.45) is 0 Å². The van der Waals surface area contributed by atoms with Gasteiger partial charge in [0.1, 0.15) is 24.4 Å². The molecule has 142 valence electrons. The first-order valence-corrected chi connectivity index (χ1v) is 8.37. The number of carbonyl (C=O) groups excluding carboxylic acids is 1. The number of nitrogens with zero attached hydrogens (tertiary/aromatic N) is 1. The van der Waals surface area contributed by atoms with E-state index in [1.165, 1.54) is 10.8 Å². The van der Waals surface area contributed by atoms with E-state index in [1.54, 1.807) is 49.5 Å². The number of aliphatic hydroxyl groups is 2. The van der Waals surface area contributed by atoms with Crippen molar-refractivity contribution in [1.82, 2.24) is 0 Å². The fraction of sp³-hybridized carbons (Fsp3) is 0.316. The summed E-state index contributed by atoms with van der Waals surface area (Å²) in [6, 6.07) is 9.94. The van der Waals surface area contributed by atoms with E-state index in [1.807, 2.05) is 0 Å². The largest absolute Gasteiger partial charge is 0.477 e. The number of aromatic nitrogens is 1. The molecule has 1 aromatic heterocycles. The number of hydrogen-bond acceptors (Lipinski definition) is 6. The quantitative estimate of drug-likeness (QED) is 0.514. The SMILES string of the molecule is Cc1cc[n+]([C@@H]2O[C@H](COC(=O)c3ccccc3)[C@@H](O)[C@H]2O)cc1C(=O)O. The van der Waals surface area contributed by atoms with Gasteiger partial charge in [-0.2, -0.15) is 4.57 Å². The summed E-state index contributed by atoms with van der Waals surface area (Å²) in [7, 11) is 0. The zero-order chi connectivity index (χ0) is 19.6. The van der Waals surface area contributed by atoms with Crippen molar-refractivity contribution in [1.29, 1.82) is 0 Å². The number of aromatic carboxylic acids is 1. The number of benzene rings is 1. The van der Waals surface area contributed by atoms with Gasteiger partial charge in [0.15, 0.2) is 18.5 Å². The molecule has 4 atom stereocenters. The molecule has 0 amide bonds. The Morgan fingerprint density at radius 3 is 2.52 bits per heavy atom. The van der Waals surface area contributed by atoms with Crippen LogP contribution in [0.5, 0.6) is 0 Å². The first-order chi connectivity index (χ1) is 12.9. The number of pyridine rings is 1. The fourth-order valence-electron chi connectivity index (χ4n) is 2.89. The molecule has 8 nitrogen and oxygen atoms in total. The van der Waals surface area contributed by atoms with Gasteiger partial charge < -0.3 is 24.8 Å². The number of aliphatic hydroxyl groups excluding tert-OH is 2. The van der Waals surface area contributed by atoms with E-state index < -0.39 is 36.5 Å². The van der Waals surface area contributed by atoms with Crippen LogP contribution in [0.1, 0.15) is 32.5 Å². The molecule has 0 aliphatic carbocycles. The van der Waals surface area contributed by atoms with Gasteiger partial charge in [0.25, 0.3) is 6.23 Å². The maximum Gasteiger partial charge on any atom is 0.342 e. The summed E-state index contributed by atoms with van der Waals surface area (Å²) in [5.41, 5.74) is 0.975. The number of rotatable bonds is 5. The molecule has 27 heavy (non-hydrogen) atoms. The minimum atomic E-state index is -1.31. The van der Waals surface area contributed by atoms with Crippen molar-refractivity contribution in [2.75, 3.05) is 6.61 Å². The van der Waals surface area contributed by atoms with Gasteiger partial charge in [0, 0.05) is 6.07 Å². The van der Waals surface area contributed by atoms with Gasteiger partial charge >= 0.3 is 11.9 Å². The van der Waals surface area contributed by atoms with Crippen LogP contribution in [-0.2, 0) is 9.47 Å². The van der Waals surface area contributed by atoms with E-state index in [9.17, 15) is 24.9 Å². The van der Waals surface area contributed by atoms with Crippen molar-refractivity contribution in [2.45, 2.75) is 31.5 Å². The molecule has 2 aromatic rings. The molecule has 0 radical (unpaired) electrons. The Bertz CT molecular complexity index is 839. The van der Waals surface area contributed by atoms with Crippen molar-refractivity contribution < 1.29 is 38.9 Å². The Morgan fingerprint density at radius 1 is 1.15 bits per heavy atom. The van der Waals surface area contributed by atoms with Gasteiger partial charge in [-0.1, -0.05) is 18.2 Å². The van der Waals surface area contributed by atoms with Gasteiger partial charge in [-0.25, -0.2) is 9.59 Å². The van der Waals surface area contributed by atoms with Crippen LogP contribution in [-0.4, -0.2) is 52.2 Å². The van der Waals surface area contributed by atoms with Crippen LogP contribution in [0.3, 0.4) is 0 Å². The predicted octanol–water partition coefficient (Wildman–Crippen LogP) is 0.457. The molecule has 0 spiro atoms. The molecule has 1 aliphatic rings. The summed E-state index contributed by atoms with van der Waals surface area (Å²) in [6.45, 7) is 1.40. The minimum Gasteiger partial charge on any atom is -0.477 e. The number of hydrogen-bond donors (Lipinski definition) is 3. The average Bonchev–Trinajstić information content (AvgIpc) is 2.95. The van der Waals surface area contributed by atoms with E-state index in [-0.39, 0.29) is 12.2 Å². The Balaban J connectivity index is 1.70. The summed E-state index contributed by atoms with van der Waals surface area (Å²) >= 11 is 0. The lowest BCUT2D eigenvalue weighted by molar-refractivity contribution is -0.765. The van der Waals surface area contributed by atoms with Crippen molar-refractivity contribution in [3.63, 3.8) is 0 Å². The number of carboxylic acid groups (broad SMARTS) is 1. The van der Waals surface area contributed by atoms with Crippen LogP contribution in [0.25, 0.3) is 0 Å². The summed E-state index contributed by atoms with van der Waals surface area (Å²) < 4.78 is 12.2. The average molecular weight is 374 g/mol. The lowest BCUT2D eigenvalue weighted by atomic mass is 10.1. The lowest BCUT2D eigenvalue weighted by Crippen LogP contribution is -2.46. The summed E-state index contributed by atoms with van der Waals surface area (Å²) in [5.74, 6) is -1.68. The molecule has 0 saturated carbocycles. The maximum absolute atomic E-state index is 12.0. The van der Waals surface area contributed by atoms with Crippen LogP contribution in [0.4, 0.5) is 0 Å². The predicted molar refractivity (Wildman–Crippen MR) is 91.0 cm³/mol. The Morgan fingerprint density at radius 2 is 1.85 bits per heavy atom. The Kier molecular flexibility index (Phi) is 5.50. The molecule has 3 rings (SSSR count). The zero-order valence-electron chi connectivity index (χ0n) is 14.6. The Labute approximate surface area is 155 Å². The number of esters is 1. The van der Waals surface area contributed by atoms with E-state index in [4.69, 9.17) is 9.47 Å². The fourth-order valence-corrected chi connectivity index (χ4v) is 2.89. The number of ether oxygens (including phenoxy) is 2. The molecular formula is C19H20NO7+. The summed E-state index contributed by atoms with van der Waals surface area (Å²) in [5, 5.41) is 29.7. The molecule has 1 fully saturated rings. The van der Waals surface area contributed by atoms with Gasteiger partial charge in [0.2, 0.25) is 0 Å². The third-order valence-corrected chi connectivity index (χ3v) is 4.45. The standard InChI is InChI=1S/C19H19NO7/c1-11-7-8-20(9-13(11)18(23)24)17-16(22)15(21)14(27-17)10-26-19(25)12-5-3-2-4-6-12/h2-9,14-17,21-22H,10H2,1H3/p+1/t14-,15-,16-,17-/m1/s1. The molecule has 3 N–H and O–H groups in total.